The van der Waals surface area contributed by atoms with Crippen molar-refractivity contribution < 1.29 is 9.47 Å². The van der Waals surface area contributed by atoms with Gasteiger partial charge in [-0.1, -0.05) is 6.07 Å². The number of aromatic nitrogens is 2. The summed E-state index contributed by atoms with van der Waals surface area (Å²) < 4.78 is 11.0. The monoisotopic (exact) mass is 260 g/mol. The molecule has 1 aromatic carbocycles. The molecule has 0 amide bonds. The van der Waals surface area contributed by atoms with Crippen LogP contribution in [0.5, 0.6) is 17.4 Å². The Kier molecular flexibility index (Phi) is 4.02. The summed E-state index contributed by atoms with van der Waals surface area (Å²) in [6.45, 7) is 2.53. The van der Waals surface area contributed by atoms with E-state index in [0.717, 1.165) is 5.75 Å². The average Bonchev–Trinajstić information content (AvgIpc) is 2.39. The standard InChI is InChI=1S/C13H16N4O2/c1-3-18-9-5-4-6-10(7-9)19-12-8-11(15-2)16-13(14)17-12/h4-8H,3H2,1-2H3,(H3,14,15,16,17). The molecule has 1 heterocycles. The predicted octanol–water partition coefficient (Wildman–Crippen LogP) is 2.29. The summed E-state index contributed by atoms with van der Waals surface area (Å²) in [7, 11) is 1.75. The van der Waals surface area contributed by atoms with Crippen LogP contribution in [0.2, 0.25) is 0 Å². The van der Waals surface area contributed by atoms with Gasteiger partial charge >= 0.3 is 0 Å². The Morgan fingerprint density at radius 3 is 2.74 bits per heavy atom. The molecule has 6 nitrogen and oxygen atoms in total. The van der Waals surface area contributed by atoms with Gasteiger partial charge in [-0.3, -0.25) is 0 Å². The second-order valence-corrected chi connectivity index (χ2v) is 3.71. The number of nitrogens with one attached hydrogen (secondary N) is 1. The summed E-state index contributed by atoms with van der Waals surface area (Å²) in [6, 6.07) is 9.00. The maximum absolute atomic E-state index is 5.64. The number of nitrogens with zero attached hydrogens (tertiary/aromatic N) is 2. The van der Waals surface area contributed by atoms with Crippen LogP contribution in [-0.2, 0) is 0 Å². The van der Waals surface area contributed by atoms with Crippen molar-refractivity contribution >= 4 is 11.8 Å². The number of ether oxygens (including phenoxy) is 2. The van der Waals surface area contributed by atoms with Crippen LogP contribution < -0.4 is 20.5 Å². The summed E-state index contributed by atoms with van der Waals surface area (Å²) in [5.41, 5.74) is 5.60. The van der Waals surface area contributed by atoms with Crippen LogP contribution in [0.1, 0.15) is 6.92 Å². The fourth-order valence-electron chi connectivity index (χ4n) is 1.54. The third-order valence-corrected chi connectivity index (χ3v) is 2.32. The van der Waals surface area contributed by atoms with Gasteiger partial charge in [0.1, 0.15) is 17.3 Å². The average molecular weight is 260 g/mol. The third kappa shape index (κ3) is 3.48. The van der Waals surface area contributed by atoms with E-state index in [1.165, 1.54) is 0 Å². The zero-order valence-electron chi connectivity index (χ0n) is 10.9. The van der Waals surface area contributed by atoms with Crippen LogP contribution in [0, 0.1) is 0 Å². The second-order valence-electron chi connectivity index (χ2n) is 3.71. The quantitative estimate of drug-likeness (QED) is 0.858. The first-order chi connectivity index (χ1) is 9.21. The van der Waals surface area contributed by atoms with E-state index in [1.807, 2.05) is 25.1 Å². The van der Waals surface area contributed by atoms with Crippen LogP contribution in [0.4, 0.5) is 11.8 Å². The summed E-state index contributed by atoms with van der Waals surface area (Å²) in [5, 5.41) is 2.89. The predicted molar refractivity (Wildman–Crippen MR) is 73.7 cm³/mol. The smallest absolute Gasteiger partial charge is 0.226 e. The molecule has 1 aromatic heterocycles. The number of nitrogen functional groups attached to an aromatic ring is 1. The van der Waals surface area contributed by atoms with Gasteiger partial charge in [-0.15, -0.1) is 0 Å². The lowest BCUT2D eigenvalue weighted by molar-refractivity contribution is 0.338. The van der Waals surface area contributed by atoms with Crippen molar-refractivity contribution in [3.8, 4) is 17.4 Å². The number of hydrogen-bond donors (Lipinski definition) is 2. The van der Waals surface area contributed by atoms with E-state index in [9.17, 15) is 0 Å². The minimum absolute atomic E-state index is 0.155. The van der Waals surface area contributed by atoms with Crippen LogP contribution in [0.15, 0.2) is 30.3 Å². The minimum atomic E-state index is 0.155. The molecule has 19 heavy (non-hydrogen) atoms. The molecule has 2 aromatic rings. The van der Waals surface area contributed by atoms with Crippen molar-refractivity contribution in [2.24, 2.45) is 0 Å². The first-order valence-corrected chi connectivity index (χ1v) is 5.94. The molecule has 100 valence electrons. The van der Waals surface area contributed by atoms with Crippen molar-refractivity contribution in [3.63, 3.8) is 0 Å². The summed E-state index contributed by atoms with van der Waals surface area (Å²) >= 11 is 0. The van der Waals surface area contributed by atoms with Crippen LogP contribution >= 0.6 is 0 Å². The van der Waals surface area contributed by atoms with Crippen molar-refractivity contribution in [3.05, 3.63) is 30.3 Å². The van der Waals surface area contributed by atoms with Crippen LogP contribution in [0.25, 0.3) is 0 Å². The molecule has 2 rings (SSSR count). The molecule has 0 aliphatic carbocycles. The number of hydrogen-bond acceptors (Lipinski definition) is 6. The Bertz CT molecular complexity index is 560. The highest BCUT2D eigenvalue weighted by Crippen LogP contribution is 2.25. The number of benzene rings is 1. The molecule has 0 bridgehead atoms. The van der Waals surface area contributed by atoms with E-state index in [2.05, 4.69) is 15.3 Å². The van der Waals surface area contributed by atoms with Crippen molar-refractivity contribution in [2.45, 2.75) is 6.92 Å². The minimum Gasteiger partial charge on any atom is -0.494 e. The SMILES string of the molecule is CCOc1cccc(Oc2cc(NC)nc(N)n2)c1. The number of nitrogens with two attached hydrogens (primary N) is 1. The first kappa shape index (κ1) is 12.9. The number of rotatable bonds is 5. The molecule has 0 spiro atoms. The van der Waals surface area contributed by atoms with Gasteiger partial charge in [-0.25, -0.2) is 0 Å². The zero-order valence-corrected chi connectivity index (χ0v) is 10.9. The molecule has 0 saturated carbocycles. The van der Waals surface area contributed by atoms with E-state index in [-0.39, 0.29) is 5.95 Å². The van der Waals surface area contributed by atoms with Gasteiger partial charge in [-0.2, -0.15) is 9.97 Å². The maximum atomic E-state index is 5.64. The molecule has 0 radical (unpaired) electrons. The van der Waals surface area contributed by atoms with E-state index < -0.39 is 0 Å². The Hall–Kier alpha value is -2.50. The lowest BCUT2D eigenvalue weighted by Gasteiger charge is -2.08. The Morgan fingerprint density at radius 1 is 1.21 bits per heavy atom. The third-order valence-electron chi connectivity index (χ3n) is 2.32. The molecule has 0 saturated heterocycles. The van der Waals surface area contributed by atoms with E-state index in [0.29, 0.717) is 24.1 Å². The van der Waals surface area contributed by atoms with Crippen molar-refractivity contribution in [1.29, 1.82) is 0 Å². The van der Waals surface area contributed by atoms with Crippen molar-refractivity contribution in [1.82, 2.24) is 9.97 Å². The lowest BCUT2D eigenvalue weighted by Crippen LogP contribution is -2.01. The topological polar surface area (TPSA) is 82.3 Å². The lowest BCUT2D eigenvalue weighted by atomic mass is 10.3. The summed E-state index contributed by atoms with van der Waals surface area (Å²) in [4.78, 5) is 8.01. The molecule has 0 aliphatic rings. The molecule has 0 aliphatic heterocycles. The largest absolute Gasteiger partial charge is 0.494 e. The van der Waals surface area contributed by atoms with Gasteiger partial charge in [0.25, 0.3) is 0 Å². The Morgan fingerprint density at radius 2 is 2.00 bits per heavy atom. The second kappa shape index (κ2) is 5.90. The van der Waals surface area contributed by atoms with Gasteiger partial charge in [0, 0.05) is 19.2 Å². The number of anilines is 2. The zero-order chi connectivity index (χ0) is 13.7. The van der Waals surface area contributed by atoms with Crippen molar-refractivity contribution in [2.75, 3.05) is 24.7 Å². The van der Waals surface area contributed by atoms with Crippen LogP contribution in [0.3, 0.4) is 0 Å². The summed E-state index contributed by atoms with van der Waals surface area (Å²) in [6.07, 6.45) is 0. The highest BCUT2D eigenvalue weighted by atomic mass is 16.5. The van der Waals surface area contributed by atoms with E-state index in [4.69, 9.17) is 15.2 Å². The van der Waals surface area contributed by atoms with E-state index in [1.54, 1.807) is 19.2 Å². The first-order valence-electron chi connectivity index (χ1n) is 5.94. The van der Waals surface area contributed by atoms with Gasteiger partial charge < -0.3 is 20.5 Å². The molecule has 6 heteroatoms. The molecule has 3 N–H and O–H groups in total. The van der Waals surface area contributed by atoms with Crippen LogP contribution in [-0.4, -0.2) is 23.6 Å². The highest BCUT2D eigenvalue weighted by Gasteiger charge is 2.04. The maximum Gasteiger partial charge on any atom is 0.226 e. The Balaban J connectivity index is 2.20. The van der Waals surface area contributed by atoms with Gasteiger partial charge in [0.2, 0.25) is 11.8 Å². The fraction of sp³-hybridized carbons (Fsp3) is 0.231. The Labute approximate surface area is 111 Å². The highest BCUT2D eigenvalue weighted by molar-refractivity contribution is 5.44. The fourth-order valence-corrected chi connectivity index (χ4v) is 1.54. The van der Waals surface area contributed by atoms with Gasteiger partial charge in [-0.05, 0) is 19.1 Å². The molecule has 0 atom stereocenters. The molecule has 0 unspecified atom stereocenters. The van der Waals surface area contributed by atoms with Gasteiger partial charge in [0.15, 0.2) is 0 Å². The molecular weight excluding hydrogens is 244 g/mol. The van der Waals surface area contributed by atoms with E-state index >= 15 is 0 Å². The normalized spacial score (nSPS) is 10.0. The summed E-state index contributed by atoms with van der Waals surface area (Å²) in [5.74, 6) is 2.51. The van der Waals surface area contributed by atoms with Gasteiger partial charge in [0.05, 0.1) is 6.61 Å². The molecular formula is C13H16N4O2. The molecule has 0 fully saturated rings.